The summed E-state index contributed by atoms with van der Waals surface area (Å²) < 4.78 is 10.3. The van der Waals surface area contributed by atoms with Crippen LogP contribution in [0, 0.1) is 20.8 Å². The van der Waals surface area contributed by atoms with Crippen molar-refractivity contribution in [2.75, 3.05) is 13.9 Å². The molecule has 0 saturated heterocycles. The third-order valence-corrected chi connectivity index (χ3v) is 2.10. The van der Waals surface area contributed by atoms with E-state index in [9.17, 15) is 0 Å². The lowest BCUT2D eigenvalue weighted by atomic mass is 10.1. The van der Waals surface area contributed by atoms with Gasteiger partial charge in [-0.1, -0.05) is 6.07 Å². The van der Waals surface area contributed by atoms with Gasteiger partial charge in [0.05, 0.1) is 0 Å². The van der Waals surface area contributed by atoms with Gasteiger partial charge in [0.2, 0.25) is 0 Å². The van der Waals surface area contributed by atoms with Crippen LogP contribution in [0.2, 0.25) is 0 Å². The molecule has 0 aliphatic heterocycles. The van der Waals surface area contributed by atoms with Crippen molar-refractivity contribution in [1.29, 1.82) is 0 Å². The van der Waals surface area contributed by atoms with Crippen LogP contribution in [0.15, 0.2) is 12.1 Å². The average molecular weight is 180 g/mol. The van der Waals surface area contributed by atoms with Gasteiger partial charge in [0.1, 0.15) is 5.75 Å². The Morgan fingerprint density at radius 2 is 1.85 bits per heavy atom. The summed E-state index contributed by atoms with van der Waals surface area (Å²) in [6, 6.07) is 4.18. The minimum absolute atomic E-state index is 0.309. The third kappa shape index (κ3) is 2.46. The number of aryl methyl sites for hydroxylation is 2. The number of hydrogen-bond donors (Lipinski definition) is 0. The molecule has 0 aromatic heterocycles. The highest BCUT2D eigenvalue weighted by molar-refractivity contribution is 5.41. The quantitative estimate of drug-likeness (QED) is 0.666. The number of ether oxygens (including phenoxy) is 2. The van der Waals surface area contributed by atoms with E-state index in [0.717, 1.165) is 5.75 Å². The van der Waals surface area contributed by atoms with Gasteiger partial charge >= 0.3 is 0 Å². The summed E-state index contributed by atoms with van der Waals surface area (Å²) in [5, 5.41) is 0. The van der Waals surface area contributed by atoms with Crippen molar-refractivity contribution < 1.29 is 9.47 Å². The zero-order valence-electron chi connectivity index (χ0n) is 8.68. The molecule has 0 fully saturated rings. The molecular weight excluding hydrogens is 164 g/mol. The van der Waals surface area contributed by atoms with Gasteiger partial charge in [0, 0.05) is 7.11 Å². The molecule has 1 aromatic carbocycles. The van der Waals surface area contributed by atoms with Gasteiger partial charge in [-0.05, 0) is 43.5 Å². The first-order valence-electron chi connectivity index (χ1n) is 4.34. The summed E-state index contributed by atoms with van der Waals surface area (Å²) in [5.74, 6) is 0.916. The molecule has 0 saturated carbocycles. The molecule has 0 aliphatic carbocycles. The van der Waals surface area contributed by atoms with E-state index in [-0.39, 0.29) is 0 Å². The minimum Gasteiger partial charge on any atom is -0.467 e. The highest BCUT2D eigenvalue weighted by atomic mass is 16.7. The van der Waals surface area contributed by atoms with Gasteiger partial charge < -0.3 is 9.47 Å². The zero-order chi connectivity index (χ0) is 9.84. The molecular formula is C11H16O2. The van der Waals surface area contributed by atoms with E-state index in [2.05, 4.69) is 26.8 Å². The van der Waals surface area contributed by atoms with E-state index < -0.39 is 0 Å². The molecule has 0 unspecified atom stereocenters. The van der Waals surface area contributed by atoms with E-state index >= 15 is 0 Å². The first-order chi connectivity index (χ1) is 6.15. The number of benzene rings is 1. The van der Waals surface area contributed by atoms with Crippen LogP contribution in [0.5, 0.6) is 5.75 Å². The summed E-state index contributed by atoms with van der Waals surface area (Å²) in [4.78, 5) is 0. The maximum atomic E-state index is 5.43. The van der Waals surface area contributed by atoms with E-state index in [1.54, 1.807) is 7.11 Å². The molecule has 1 rings (SSSR count). The van der Waals surface area contributed by atoms with E-state index in [4.69, 9.17) is 9.47 Å². The molecule has 0 amide bonds. The zero-order valence-corrected chi connectivity index (χ0v) is 8.68. The standard InChI is InChI=1S/C11H16O2/c1-8-5-9(2)10(3)11(6-8)13-7-12-4/h5-6H,7H2,1-4H3. The van der Waals surface area contributed by atoms with Gasteiger partial charge in [-0.2, -0.15) is 0 Å². The first-order valence-corrected chi connectivity index (χ1v) is 4.34. The van der Waals surface area contributed by atoms with Crippen LogP contribution in [-0.2, 0) is 4.74 Å². The van der Waals surface area contributed by atoms with Crippen molar-refractivity contribution in [3.8, 4) is 5.75 Å². The maximum Gasteiger partial charge on any atom is 0.188 e. The Bertz CT molecular complexity index is 292. The molecule has 0 radical (unpaired) electrons. The maximum absolute atomic E-state index is 5.43. The number of hydrogen-bond acceptors (Lipinski definition) is 2. The fraction of sp³-hybridized carbons (Fsp3) is 0.455. The number of rotatable bonds is 3. The lowest BCUT2D eigenvalue weighted by Gasteiger charge is -2.11. The molecule has 2 nitrogen and oxygen atoms in total. The van der Waals surface area contributed by atoms with Gasteiger partial charge in [-0.3, -0.25) is 0 Å². The van der Waals surface area contributed by atoms with Gasteiger partial charge in [-0.15, -0.1) is 0 Å². The Labute approximate surface area is 79.5 Å². The number of methoxy groups -OCH3 is 1. The highest BCUT2D eigenvalue weighted by Crippen LogP contribution is 2.22. The van der Waals surface area contributed by atoms with Crippen molar-refractivity contribution >= 4 is 0 Å². The van der Waals surface area contributed by atoms with Crippen LogP contribution in [0.4, 0.5) is 0 Å². The SMILES string of the molecule is COCOc1cc(C)cc(C)c1C. The minimum atomic E-state index is 0.309. The molecule has 13 heavy (non-hydrogen) atoms. The van der Waals surface area contributed by atoms with Crippen LogP contribution < -0.4 is 4.74 Å². The topological polar surface area (TPSA) is 18.5 Å². The molecule has 1 aromatic rings. The Kier molecular flexibility index (Phi) is 3.32. The normalized spacial score (nSPS) is 10.2. The molecule has 0 heterocycles. The predicted octanol–water partition coefficient (Wildman–Crippen LogP) is 2.59. The third-order valence-electron chi connectivity index (χ3n) is 2.10. The van der Waals surface area contributed by atoms with Crippen LogP contribution in [0.25, 0.3) is 0 Å². The molecule has 72 valence electrons. The average Bonchev–Trinajstić information content (AvgIpc) is 2.09. The van der Waals surface area contributed by atoms with Gasteiger partial charge in [0.15, 0.2) is 6.79 Å². The van der Waals surface area contributed by atoms with Crippen molar-refractivity contribution in [2.45, 2.75) is 20.8 Å². The van der Waals surface area contributed by atoms with Crippen molar-refractivity contribution in [2.24, 2.45) is 0 Å². The van der Waals surface area contributed by atoms with Crippen LogP contribution >= 0.6 is 0 Å². The fourth-order valence-electron chi connectivity index (χ4n) is 1.27. The molecule has 0 spiro atoms. The Balaban J connectivity index is 2.92. The molecule has 2 heteroatoms. The summed E-state index contributed by atoms with van der Waals surface area (Å²) in [5.41, 5.74) is 3.66. The van der Waals surface area contributed by atoms with E-state index in [1.165, 1.54) is 16.7 Å². The van der Waals surface area contributed by atoms with Crippen molar-refractivity contribution in [1.82, 2.24) is 0 Å². The lowest BCUT2D eigenvalue weighted by Crippen LogP contribution is -2.01. The van der Waals surface area contributed by atoms with Crippen LogP contribution in [0.1, 0.15) is 16.7 Å². The van der Waals surface area contributed by atoms with Gasteiger partial charge in [0.25, 0.3) is 0 Å². The van der Waals surface area contributed by atoms with Crippen LogP contribution in [0.3, 0.4) is 0 Å². The monoisotopic (exact) mass is 180 g/mol. The largest absolute Gasteiger partial charge is 0.467 e. The summed E-state index contributed by atoms with van der Waals surface area (Å²) >= 11 is 0. The highest BCUT2D eigenvalue weighted by Gasteiger charge is 2.02. The Morgan fingerprint density at radius 3 is 2.46 bits per heavy atom. The molecule has 0 N–H and O–H groups in total. The Hall–Kier alpha value is -1.02. The van der Waals surface area contributed by atoms with Gasteiger partial charge in [-0.25, -0.2) is 0 Å². The smallest absolute Gasteiger partial charge is 0.188 e. The second-order valence-electron chi connectivity index (χ2n) is 3.26. The lowest BCUT2D eigenvalue weighted by molar-refractivity contribution is 0.0505. The van der Waals surface area contributed by atoms with E-state index in [1.807, 2.05) is 6.07 Å². The molecule has 0 bridgehead atoms. The molecule has 0 atom stereocenters. The summed E-state index contributed by atoms with van der Waals surface area (Å²) in [7, 11) is 1.62. The predicted molar refractivity (Wildman–Crippen MR) is 53.2 cm³/mol. The fourth-order valence-corrected chi connectivity index (χ4v) is 1.27. The summed E-state index contributed by atoms with van der Waals surface area (Å²) in [6.45, 7) is 6.51. The van der Waals surface area contributed by atoms with Crippen LogP contribution in [-0.4, -0.2) is 13.9 Å². The molecule has 0 aliphatic rings. The summed E-state index contributed by atoms with van der Waals surface area (Å²) in [6.07, 6.45) is 0. The Morgan fingerprint density at radius 1 is 1.15 bits per heavy atom. The van der Waals surface area contributed by atoms with E-state index in [0.29, 0.717) is 6.79 Å². The second-order valence-corrected chi connectivity index (χ2v) is 3.26. The second kappa shape index (κ2) is 4.28. The van der Waals surface area contributed by atoms with Crippen molar-refractivity contribution in [3.63, 3.8) is 0 Å². The first kappa shape index (κ1) is 10.1. The van der Waals surface area contributed by atoms with Crippen molar-refractivity contribution in [3.05, 3.63) is 28.8 Å².